The fourth-order valence-corrected chi connectivity index (χ4v) is 4.24. The van der Waals surface area contributed by atoms with Gasteiger partial charge in [0.2, 0.25) is 0 Å². The molecule has 0 saturated carbocycles. The van der Waals surface area contributed by atoms with Crippen LogP contribution in [0.4, 0.5) is 0 Å². The predicted molar refractivity (Wildman–Crippen MR) is 102 cm³/mol. The molecule has 5 rings (SSSR count). The minimum Gasteiger partial charge on any atom is -0.350 e. The smallest absolute Gasteiger partial charge is 0.253 e. The molecule has 2 aromatic carbocycles. The van der Waals surface area contributed by atoms with E-state index in [9.17, 15) is 4.79 Å². The number of aromatic nitrogens is 2. The highest BCUT2D eigenvalue weighted by Crippen LogP contribution is 2.31. The van der Waals surface area contributed by atoms with Crippen molar-refractivity contribution in [1.82, 2.24) is 20.2 Å². The van der Waals surface area contributed by atoms with Crippen LogP contribution in [0.1, 0.15) is 34.7 Å². The lowest BCUT2D eigenvalue weighted by Gasteiger charge is -2.23. The Morgan fingerprint density at radius 1 is 1.00 bits per heavy atom. The topological polar surface area (TPSA) is 59.0 Å². The van der Waals surface area contributed by atoms with Gasteiger partial charge in [-0.25, -0.2) is 4.98 Å². The summed E-state index contributed by atoms with van der Waals surface area (Å²) in [5.74, 6) is 1.59. The van der Waals surface area contributed by atoms with Gasteiger partial charge in [-0.2, -0.15) is 0 Å². The van der Waals surface area contributed by atoms with E-state index in [0.29, 0.717) is 18.0 Å². The summed E-state index contributed by atoms with van der Waals surface area (Å²) in [7, 11) is 0. The van der Waals surface area contributed by atoms with Gasteiger partial charge in [0.25, 0.3) is 5.91 Å². The van der Waals surface area contributed by atoms with Crippen LogP contribution < -0.4 is 10.6 Å². The van der Waals surface area contributed by atoms with Gasteiger partial charge in [-0.1, -0.05) is 30.3 Å². The molecule has 5 nitrogen and oxygen atoms in total. The van der Waals surface area contributed by atoms with Crippen LogP contribution in [-0.2, 0) is 6.54 Å². The van der Waals surface area contributed by atoms with Gasteiger partial charge in [0.1, 0.15) is 5.82 Å². The summed E-state index contributed by atoms with van der Waals surface area (Å²) in [6, 6.07) is 14.6. The van der Waals surface area contributed by atoms with Gasteiger partial charge in [0.15, 0.2) is 0 Å². The Morgan fingerprint density at radius 3 is 2.62 bits per heavy atom. The molecular formula is C21H22N4O. The summed E-state index contributed by atoms with van der Waals surface area (Å²) < 4.78 is 2.18. The van der Waals surface area contributed by atoms with Gasteiger partial charge in [-0.15, -0.1) is 0 Å². The van der Waals surface area contributed by atoms with Crippen molar-refractivity contribution >= 4 is 16.9 Å². The third kappa shape index (κ3) is 2.51. The standard InChI is InChI=1S/C21H22N4O/c26-21-17-2-1-3-18-19(17)25(13-12-23-21)20(24-18)16-6-4-14(5-7-16)15-8-10-22-11-9-15/h1-7,15,22H,8-13H2,(H,23,26). The van der Waals surface area contributed by atoms with Crippen molar-refractivity contribution in [2.24, 2.45) is 0 Å². The van der Waals surface area contributed by atoms with E-state index in [1.165, 1.54) is 18.4 Å². The quantitative estimate of drug-likeness (QED) is 0.750. The molecule has 132 valence electrons. The van der Waals surface area contributed by atoms with Crippen molar-refractivity contribution in [3.05, 3.63) is 53.6 Å². The Balaban J connectivity index is 1.57. The van der Waals surface area contributed by atoms with Gasteiger partial charge in [-0.05, 0) is 49.5 Å². The van der Waals surface area contributed by atoms with E-state index in [2.05, 4.69) is 39.5 Å². The van der Waals surface area contributed by atoms with E-state index < -0.39 is 0 Å². The van der Waals surface area contributed by atoms with E-state index in [-0.39, 0.29) is 5.91 Å². The second kappa shape index (κ2) is 6.25. The number of hydrogen-bond acceptors (Lipinski definition) is 3. The van der Waals surface area contributed by atoms with Crippen molar-refractivity contribution in [3.8, 4) is 11.4 Å². The second-order valence-electron chi connectivity index (χ2n) is 7.16. The normalized spacial score (nSPS) is 17.9. The average Bonchev–Trinajstić information content (AvgIpc) is 2.98. The number of carbonyl (C=O) groups is 1. The first kappa shape index (κ1) is 15.6. The van der Waals surface area contributed by atoms with Gasteiger partial charge in [0.05, 0.1) is 16.6 Å². The predicted octanol–water partition coefficient (Wildman–Crippen LogP) is 2.91. The SMILES string of the molecule is O=C1NCCn2c(-c3ccc(C4CCNCC4)cc3)nc3cccc1c32. The van der Waals surface area contributed by atoms with Gasteiger partial charge < -0.3 is 15.2 Å². The minimum absolute atomic E-state index is 0.0120. The molecule has 1 aromatic heterocycles. The molecule has 0 atom stereocenters. The lowest BCUT2D eigenvalue weighted by atomic mass is 9.90. The fourth-order valence-electron chi connectivity index (χ4n) is 4.24. The van der Waals surface area contributed by atoms with Crippen LogP contribution in [-0.4, -0.2) is 35.1 Å². The number of nitrogens with zero attached hydrogens (tertiary/aromatic N) is 2. The summed E-state index contributed by atoms with van der Waals surface area (Å²) in [5.41, 5.74) is 5.07. The van der Waals surface area contributed by atoms with Gasteiger partial charge >= 0.3 is 0 Å². The first-order chi connectivity index (χ1) is 12.8. The Morgan fingerprint density at radius 2 is 1.81 bits per heavy atom. The minimum atomic E-state index is -0.0120. The molecule has 0 radical (unpaired) electrons. The summed E-state index contributed by atoms with van der Waals surface area (Å²) in [4.78, 5) is 17.1. The number of carbonyl (C=O) groups excluding carboxylic acids is 1. The molecule has 1 fully saturated rings. The van der Waals surface area contributed by atoms with Crippen molar-refractivity contribution in [2.45, 2.75) is 25.3 Å². The number of rotatable bonds is 2. The molecule has 0 unspecified atom stereocenters. The number of amides is 1. The van der Waals surface area contributed by atoms with Crippen molar-refractivity contribution in [2.75, 3.05) is 19.6 Å². The van der Waals surface area contributed by atoms with Gasteiger partial charge in [-0.3, -0.25) is 4.79 Å². The summed E-state index contributed by atoms with van der Waals surface area (Å²) in [5, 5.41) is 6.40. The van der Waals surface area contributed by atoms with Crippen molar-refractivity contribution in [1.29, 1.82) is 0 Å². The lowest BCUT2D eigenvalue weighted by molar-refractivity contribution is 0.0956. The molecule has 2 aliphatic heterocycles. The van der Waals surface area contributed by atoms with Crippen LogP contribution in [0.25, 0.3) is 22.4 Å². The monoisotopic (exact) mass is 346 g/mol. The number of imidazole rings is 1. The number of nitrogens with one attached hydrogen (secondary N) is 2. The molecule has 1 amide bonds. The fraction of sp³-hybridized carbons (Fsp3) is 0.333. The van der Waals surface area contributed by atoms with E-state index >= 15 is 0 Å². The van der Waals surface area contributed by atoms with Crippen LogP contribution >= 0.6 is 0 Å². The van der Waals surface area contributed by atoms with Crippen LogP contribution in [0.2, 0.25) is 0 Å². The zero-order chi connectivity index (χ0) is 17.5. The Kier molecular flexibility index (Phi) is 3.75. The summed E-state index contributed by atoms with van der Waals surface area (Å²) in [6.07, 6.45) is 2.41. The average molecular weight is 346 g/mol. The molecule has 3 aromatic rings. The maximum atomic E-state index is 12.3. The molecule has 0 aliphatic carbocycles. The molecule has 0 bridgehead atoms. The molecule has 1 saturated heterocycles. The molecule has 2 N–H and O–H groups in total. The number of hydrogen-bond donors (Lipinski definition) is 2. The number of para-hydroxylation sites is 1. The molecular weight excluding hydrogens is 324 g/mol. The molecule has 26 heavy (non-hydrogen) atoms. The molecule has 3 heterocycles. The first-order valence-electron chi connectivity index (χ1n) is 9.40. The zero-order valence-corrected chi connectivity index (χ0v) is 14.7. The Labute approximate surface area is 152 Å². The third-order valence-electron chi connectivity index (χ3n) is 5.61. The Bertz CT molecular complexity index is 968. The summed E-state index contributed by atoms with van der Waals surface area (Å²) in [6.45, 7) is 3.57. The summed E-state index contributed by atoms with van der Waals surface area (Å²) >= 11 is 0. The highest BCUT2D eigenvalue weighted by Gasteiger charge is 2.22. The maximum absolute atomic E-state index is 12.3. The third-order valence-corrected chi connectivity index (χ3v) is 5.61. The van der Waals surface area contributed by atoms with Crippen LogP contribution in [0.5, 0.6) is 0 Å². The maximum Gasteiger partial charge on any atom is 0.253 e. The van der Waals surface area contributed by atoms with E-state index in [1.807, 2.05) is 18.2 Å². The van der Waals surface area contributed by atoms with Crippen LogP contribution in [0.3, 0.4) is 0 Å². The van der Waals surface area contributed by atoms with E-state index in [0.717, 1.165) is 42.1 Å². The zero-order valence-electron chi connectivity index (χ0n) is 14.7. The van der Waals surface area contributed by atoms with E-state index in [4.69, 9.17) is 4.98 Å². The first-order valence-corrected chi connectivity index (χ1v) is 9.40. The van der Waals surface area contributed by atoms with Crippen LogP contribution in [0.15, 0.2) is 42.5 Å². The lowest BCUT2D eigenvalue weighted by Crippen LogP contribution is -2.26. The van der Waals surface area contributed by atoms with Crippen LogP contribution in [0, 0.1) is 0 Å². The molecule has 5 heteroatoms. The highest BCUT2D eigenvalue weighted by molar-refractivity contribution is 6.06. The number of benzene rings is 2. The van der Waals surface area contributed by atoms with Crippen molar-refractivity contribution < 1.29 is 4.79 Å². The second-order valence-corrected chi connectivity index (χ2v) is 7.16. The largest absolute Gasteiger partial charge is 0.350 e. The number of piperidine rings is 1. The van der Waals surface area contributed by atoms with E-state index in [1.54, 1.807) is 0 Å². The molecule has 2 aliphatic rings. The molecule has 0 spiro atoms. The van der Waals surface area contributed by atoms with Gasteiger partial charge in [0, 0.05) is 18.7 Å². The van der Waals surface area contributed by atoms with Crippen molar-refractivity contribution in [3.63, 3.8) is 0 Å². The highest BCUT2D eigenvalue weighted by atomic mass is 16.1. The Hall–Kier alpha value is -2.66.